The van der Waals surface area contributed by atoms with Gasteiger partial charge in [-0.15, -0.1) is 0 Å². The lowest BCUT2D eigenvalue weighted by molar-refractivity contribution is 0.0752. The quantitative estimate of drug-likeness (QED) is 0.841. The number of rotatable bonds is 2. The number of nitrogens with two attached hydrogens (primary N) is 1. The fourth-order valence-electron chi connectivity index (χ4n) is 2.24. The van der Waals surface area contributed by atoms with Crippen LogP contribution in [-0.2, 0) is 14.8 Å². The second kappa shape index (κ2) is 5.67. The summed E-state index contributed by atoms with van der Waals surface area (Å²) in [7, 11) is -3.67. The van der Waals surface area contributed by atoms with E-state index in [2.05, 4.69) is 0 Å². The van der Waals surface area contributed by atoms with Gasteiger partial charge in [0.2, 0.25) is 10.0 Å². The van der Waals surface area contributed by atoms with Crippen molar-refractivity contribution in [3.63, 3.8) is 0 Å². The zero-order chi connectivity index (χ0) is 14.9. The van der Waals surface area contributed by atoms with Gasteiger partial charge in [-0.3, -0.25) is 0 Å². The Morgan fingerprint density at radius 1 is 1.45 bits per heavy atom. The van der Waals surface area contributed by atoms with E-state index >= 15 is 0 Å². The van der Waals surface area contributed by atoms with Crippen LogP contribution in [0.4, 0.5) is 10.1 Å². The van der Waals surface area contributed by atoms with Crippen LogP contribution in [0.15, 0.2) is 17.0 Å². The summed E-state index contributed by atoms with van der Waals surface area (Å²) in [5.41, 5.74) is 5.60. The highest BCUT2D eigenvalue weighted by Crippen LogP contribution is 2.24. The van der Waals surface area contributed by atoms with Crippen molar-refractivity contribution >= 4 is 15.7 Å². The molecular formula is C13H19FN2O3S. The van der Waals surface area contributed by atoms with Gasteiger partial charge >= 0.3 is 0 Å². The maximum Gasteiger partial charge on any atom is 0.243 e. The van der Waals surface area contributed by atoms with E-state index < -0.39 is 15.8 Å². The first kappa shape index (κ1) is 15.2. The maximum atomic E-state index is 13.5. The minimum absolute atomic E-state index is 0.0306. The summed E-state index contributed by atoms with van der Waals surface area (Å²) in [5.74, 6) is -0.573. The Bertz CT molecular complexity index is 581. The van der Waals surface area contributed by atoms with Crippen LogP contribution in [0.1, 0.15) is 18.9 Å². The van der Waals surface area contributed by atoms with E-state index in [0.717, 1.165) is 0 Å². The van der Waals surface area contributed by atoms with Gasteiger partial charge in [0.1, 0.15) is 5.82 Å². The van der Waals surface area contributed by atoms with Crippen LogP contribution in [0.2, 0.25) is 0 Å². The highest BCUT2D eigenvalue weighted by molar-refractivity contribution is 7.89. The Morgan fingerprint density at radius 3 is 2.80 bits per heavy atom. The van der Waals surface area contributed by atoms with Crippen molar-refractivity contribution in [2.75, 3.05) is 25.4 Å². The van der Waals surface area contributed by atoms with Crippen LogP contribution in [-0.4, -0.2) is 38.5 Å². The molecule has 1 atom stereocenters. The van der Waals surface area contributed by atoms with E-state index in [0.29, 0.717) is 26.1 Å². The van der Waals surface area contributed by atoms with Gasteiger partial charge in [-0.05, 0) is 38.0 Å². The molecule has 0 radical (unpaired) electrons. The lowest BCUT2D eigenvalue weighted by Gasteiger charge is -2.22. The van der Waals surface area contributed by atoms with Gasteiger partial charge in [0.25, 0.3) is 0 Å². The van der Waals surface area contributed by atoms with Crippen LogP contribution < -0.4 is 5.73 Å². The van der Waals surface area contributed by atoms with Crippen LogP contribution in [0.5, 0.6) is 0 Å². The molecule has 1 saturated heterocycles. The molecular weight excluding hydrogens is 283 g/mol. The second-order valence-corrected chi connectivity index (χ2v) is 6.98. The number of halogens is 1. The van der Waals surface area contributed by atoms with Crippen molar-refractivity contribution in [3.8, 4) is 0 Å². The van der Waals surface area contributed by atoms with Gasteiger partial charge in [-0.2, -0.15) is 4.31 Å². The van der Waals surface area contributed by atoms with E-state index in [1.165, 1.54) is 23.4 Å². The normalized spacial score (nSPS) is 21.6. The number of sulfonamides is 1. The van der Waals surface area contributed by atoms with E-state index in [-0.39, 0.29) is 22.3 Å². The molecule has 1 fully saturated rings. The van der Waals surface area contributed by atoms with Gasteiger partial charge in [-0.1, -0.05) is 0 Å². The Balaban J connectivity index is 2.39. The van der Waals surface area contributed by atoms with E-state index in [1.807, 2.05) is 6.92 Å². The van der Waals surface area contributed by atoms with E-state index in [9.17, 15) is 12.8 Å². The number of hydrogen-bond acceptors (Lipinski definition) is 4. The summed E-state index contributed by atoms with van der Waals surface area (Å²) >= 11 is 0. The second-order valence-electron chi connectivity index (χ2n) is 5.04. The van der Waals surface area contributed by atoms with Gasteiger partial charge in [0, 0.05) is 19.7 Å². The fraction of sp³-hybridized carbons (Fsp3) is 0.538. The molecule has 0 aliphatic carbocycles. The third-order valence-electron chi connectivity index (χ3n) is 3.31. The summed E-state index contributed by atoms with van der Waals surface area (Å²) in [6.45, 7) is 4.55. The number of ether oxygens (including phenoxy) is 1. The molecule has 0 saturated carbocycles. The largest absolute Gasteiger partial charge is 0.396 e. The topological polar surface area (TPSA) is 72.6 Å². The number of benzene rings is 1. The van der Waals surface area contributed by atoms with Crippen molar-refractivity contribution in [1.82, 2.24) is 4.31 Å². The highest BCUT2D eigenvalue weighted by Gasteiger charge is 2.28. The molecule has 5 nitrogen and oxygen atoms in total. The van der Waals surface area contributed by atoms with E-state index in [4.69, 9.17) is 10.5 Å². The molecule has 1 unspecified atom stereocenters. The minimum atomic E-state index is -3.67. The first-order chi connectivity index (χ1) is 9.32. The molecule has 0 spiro atoms. The number of anilines is 1. The molecule has 0 bridgehead atoms. The monoisotopic (exact) mass is 302 g/mol. The third-order valence-corrected chi connectivity index (χ3v) is 5.15. The van der Waals surface area contributed by atoms with Crippen LogP contribution in [0.25, 0.3) is 0 Å². The molecule has 20 heavy (non-hydrogen) atoms. The van der Waals surface area contributed by atoms with Crippen LogP contribution >= 0.6 is 0 Å². The van der Waals surface area contributed by atoms with Gasteiger partial charge in [0.15, 0.2) is 0 Å². The van der Waals surface area contributed by atoms with Crippen LogP contribution in [0, 0.1) is 12.7 Å². The van der Waals surface area contributed by atoms with Crippen molar-refractivity contribution < 1.29 is 17.5 Å². The Kier molecular flexibility index (Phi) is 4.31. The van der Waals surface area contributed by atoms with Crippen molar-refractivity contribution in [2.45, 2.75) is 31.3 Å². The number of hydrogen-bond donors (Lipinski definition) is 1. The summed E-state index contributed by atoms with van der Waals surface area (Å²) in [4.78, 5) is 0.0306. The Morgan fingerprint density at radius 2 is 2.15 bits per heavy atom. The van der Waals surface area contributed by atoms with Gasteiger partial charge < -0.3 is 10.5 Å². The molecule has 1 heterocycles. The molecule has 1 aromatic carbocycles. The summed E-state index contributed by atoms with van der Waals surface area (Å²) in [6, 6.07) is 2.49. The lowest BCUT2D eigenvalue weighted by atomic mass is 10.2. The zero-order valence-electron chi connectivity index (χ0n) is 11.6. The minimum Gasteiger partial charge on any atom is -0.396 e. The summed E-state index contributed by atoms with van der Waals surface area (Å²) < 4.78 is 45.5. The Hall–Kier alpha value is -1.18. The van der Waals surface area contributed by atoms with Crippen LogP contribution in [0.3, 0.4) is 0 Å². The Labute approximate surface area is 118 Å². The molecule has 1 aliphatic heterocycles. The van der Waals surface area contributed by atoms with Crippen molar-refractivity contribution in [3.05, 3.63) is 23.5 Å². The average molecular weight is 302 g/mol. The molecule has 2 rings (SSSR count). The number of nitrogen functional groups attached to an aromatic ring is 1. The number of nitrogens with zero attached hydrogens (tertiary/aromatic N) is 1. The average Bonchev–Trinajstić information content (AvgIpc) is 2.60. The van der Waals surface area contributed by atoms with Crippen molar-refractivity contribution in [1.29, 1.82) is 0 Å². The predicted octanol–water partition coefficient (Wildman–Crippen LogP) is 1.52. The van der Waals surface area contributed by atoms with Crippen molar-refractivity contribution in [2.24, 2.45) is 0 Å². The highest BCUT2D eigenvalue weighted by atomic mass is 32.2. The lowest BCUT2D eigenvalue weighted by Crippen LogP contribution is -2.36. The third kappa shape index (κ3) is 2.94. The summed E-state index contributed by atoms with van der Waals surface area (Å²) in [5, 5.41) is 0. The maximum absolute atomic E-state index is 13.5. The molecule has 0 aromatic heterocycles. The smallest absolute Gasteiger partial charge is 0.243 e. The first-order valence-electron chi connectivity index (χ1n) is 6.49. The zero-order valence-corrected chi connectivity index (χ0v) is 12.4. The standard InChI is InChI=1S/C13H19FN2O3S/c1-9-6-11(7-12(15)13(9)14)20(17,18)16-4-3-5-19-10(2)8-16/h6-7,10H,3-5,8,15H2,1-2H3. The molecule has 7 heteroatoms. The molecule has 2 N–H and O–H groups in total. The molecule has 1 aromatic rings. The number of aryl methyl sites for hydroxylation is 1. The predicted molar refractivity (Wildman–Crippen MR) is 74.3 cm³/mol. The fourth-order valence-corrected chi connectivity index (χ4v) is 3.91. The van der Waals surface area contributed by atoms with Gasteiger partial charge in [-0.25, -0.2) is 12.8 Å². The SMILES string of the molecule is Cc1cc(S(=O)(=O)N2CCCOC(C)C2)cc(N)c1F. The van der Waals surface area contributed by atoms with E-state index in [1.54, 1.807) is 0 Å². The summed E-state index contributed by atoms with van der Waals surface area (Å²) in [6.07, 6.45) is 0.477. The molecule has 1 aliphatic rings. The molecule has 112 valence electrons. The molecule has 0 amide bonds. The van der Waals surface area contributed by atoms with Gasteiger partial charge in [0.05, 0.1) is 16.7 Å². The first-order valence-corrected chi connectivity index (χ1v) is 7.93.